The van der Waals surface area contributed by atoms with Crippen LogP contribution in [-0.4, -0.2) is 37.4 Å². The van der Waals surface area contributed by atoms with Crippen molar-refractivity contribution in [1.82, 2.24) is 4.31 Å². The summed E-state index contributed by atoms with van der Waals surface area (Å²) in [6, 6.07) is 0. The van der Waals surface area contributed by atoms with E-state index in [0.29, 0.717) is 24.9 Å². The van der Waals surface area contributed by atoms with E-state index in [1.165, 1.54) is 0 Å². The van der Waals surface area contributed by atoms with Gasteiger partial charge in [-0.1, -0.05) is 20.3 Å². The summed E-state index contributed by atoms with van der Waals surface area (Å²) in [6.45, 7) is 5.43. The topological polar surface area (TPSA) is 37.4 Å². The SMILES string of the molecule is CCC1CCN(S(=O)(=O)CC(C)CCl)CC1. The lowest BCUT2D eigenvalue weighted by atomic mass is 9.96. The number of hydrogen-bond donors (Lipinski definition) is 0. The first kappa shape index (κ1) is 14.3. The Morgan fingerprint density at radius 2 is 1.94 bits per heavy atom. The first-order valence-corrected chi connectivity index (χ1v) is 8.17. The van der Waals surface area contributed by atoms with Gasteiger partial charge in [-0.3, -0.25) is 0 Å². The molecule has 1 aliphatic heterocycles. The van der Waals surface area contributed by atoms with Gasteiger partial charge in [-0.2, -0.15) is 0 Å². The highest BCUT2D eigenvalue weighted by molar-refractivity contribution is 7.89. The van der Waals surface area contributed by atoms with E-state index < -0.39 is 10.0 Å². The van der Waals surface area contributed by atoms with E-state index in [-0.39, 0.29) is 11.7 Å². The van der Waals surface area contributed by atoms with Crippen LogP contribution >= 0.6 is 11.6 Å². The molecule has 0 bridgehead atoms. The lowest BCUT2D eigenvalue weighted by Crippen LogP contribution is -2.40. The molecule has 1 aliphatic rings. The molecule has 3 nitrogen and oxygen atoms in total. The maximum absolute atomic E-state index is 12.0. The summed E-state index contributed by atoms with van der Waals surface area (Å²) in [4.78, 5) is 0. The second kappa shape index (κ2) is 6.22. The molecule has 96 valence electrons. The van der Waals surface area contributed by atoms with Crippen LogP contribution in [0.15, 0.2) is 0 Å². The Morgan fingerprint density at radius 3 is 2.38 bits per heavy atom. The molecule has 1 fully saturated rings. The Balaban J connectivity index is 2.51. The average molecular weight is 268 g/mol. The second-order valence-corrected chi connectivity index (χ2v) is 7.11. The van der Waals surface area contributed by atoms with Gasteiger partial charge in [0.25, 0.3) is 0 Å². The fourth-order valence-electron chi connectivity index (χ4n) is 2.11. The lowest BCUT2D eigenvalue weighted by molar-refractivity contribution is 0.268. The highest BCUT2D eigenvalue weighted by Gasteiger charge is 2.28. The molecule has 16 heavy (non-hydrogen) atoms. The van der Waals surface area contributed by atoms with Crippen LogP contribution in [0, 0.1) is 11.8 Å². The van der Waals surface area contributed by atoms with Gasteiger partial charge >= 0.3 is 0 Å². The predicted molar refractivity (Wildman–Crippen MR) is 68.3 cm³/mol. The maximum Gasteiger partial charge on any atom is 0.214 e. The van der Waals surface area contributed by atoms with E-state index in [0.717, 1.165) is 19.3 Å². The minimum Gasteiger partial charge on any atom is -0.212 e. The van der Waals surface area contributed by atoms with Crippen LogP contribution in [-0.2, 0) is 10.0 Å². The summed E-state index contributed by atoms with van der Waals surface area (Å²) in [5.41, 5.74) is 0. The summed E-state index contributed by atoms with van der Waals surface area (Å²) >= 11 is 5.66. The largest absolute Gasteiger partial charge is 0.214 e. The summed E-state index contributed by atoms with van der Waals surface area (Å²) in [7, 11) is -3.08. The number of nitrogens with zero attached hydrogens (tertiary/aromatic N) is 1. The molecule has 0 aromatic rings. The van der Waals surface area contributed by atoms with Crippen molar-refractivity contribution in [3.63, 3.8) is 0 Å². The van der Waals surface area contributed by atoms with Crippen molar-refractivity contribution < 1.29 is 8.42 Å². The number of halogens is 1. The van der Waals surface area contributed by atoms with Crippen molar-refractivity contribution in [1.29, 1.82) is 0 Å². The molecule has 1 unspecified atom stereocenters. The van der Waals surface area contributed by atoms with Gasteiger partial charge in [0.1, 0.15) is 0 Å². The van der Waals surface area contributed by atoms with Gasteiger partial charge in [0.05, 0.1) is 5.75 Å². The van der Waals surface area contributed by atoms with Gasteiger partial charge in [-0.15, -0.1) is 11.6 Å². The van der Waals surface area contributed by atoms with Crippen molar-refractivity contribution in [3.05, 3.63) is 0 Å². The number of hydrogen-bond acceptors (Lipinski definition) is 2. The number of rotatable bonds is 5. The Labute approximate surface area is 104 Å². The van der Waals surface area contributed by atoms with E-state index in [1.54, 1.807) is 4.31 Å². The zero-order chi connectivity index (χ0) is 12.2. The number of piperidine rings is 1. The van der Waals surface area contributed by atoms with Gasteiger partial charge < -0.3 is 0 Å². The molecule has 0 N–H and O–H groups in total. The van der Waals surface area contributed by atoms with Crippen molar-refractivity contribution in [2.45, 2.75) is 33.1 Å². The molecule has 0 radical (unpaired) electrons. The molecule has 0 aromatic heterocycles. The van der Waals surface area contributed by atoms with Crippen molar-refractivity contribution in [3.8, 4) is 0 Å². The fourth-order valence-corrected chi connectivity index (χ4v) is 4.16. The highest BCUT2D eigenvalue weighted by Crippen LogP contribution is 2.22. The van der Waals surface area contributed by atoms with E-state index >= 15 is 0 Å². The molecule has 1 saturated heterocycles. The molecule has 0 aliphatic carbocycles. The molecular weight excluding hydrogens is 246 g/mol. The summed E-state index contributed by atoms with van der Waals surface area (Å²) < 4.78 is 25.7. The summed E-state index contributed by atoms with van der Waals surface area (Å²) in [6.07, 6.45) is 3.17. The first-order valence-electron chi connectivity index (χ1n) is 6.03. The fraction of sp³-hybridized carbons (Fsp3) is 1.00. The van der Waals surface area contributed by atoms with Crippen LogP contribution in [0.5, 0.6) is 0 Å². The summed E-state index contributed by atoms with van der Waals surface area (Å²) in [5, 5.41) is 0. The van der Waals surface area contributed by atoms with Crippen LogP contribution in [0.3, 0.4) is 0 Å². The molecule has 0 aromatic carbocycles. The van der Waals surface area contributed by atoms with Crippen molar-refractivity contribution >= 4 is 21.6 Å². The normalized spacial score (nSPS) is 22.2. The van der Waals surface area contributed by atoms with Gasteiger partial charge in [-0.25, -0.2) is 12.7 Å². The standard InChI is InChI=1S/C11H22ClNO2S/c1-3-11-4-6-13(7-5-11)16(14,15)9-10(2)8-12/h10-11H,3-9H2,1-2H3. The quantitative estimate of drug-likeness (QED) is 0.717. The van der Waals surface area contributed by atoms with E-state index in [2.05, 4.69) is 6.92 Å². The lowest BCUT2D eigenvalue weighted by Gasteiger charge is -2.31. The van der Waals surface area contributed by atoms with Gasteiger partial charge in [-0.05, 0) is 24.7 Å². The third kappa shape index (κ3) is 3.90. The Morgan fingerprint density at radius 1 is 1.38 bits per heavy atom. The molecular formula is C11H22ClNO2S. The third-order valence-corrected chi connectivity index (χ3v) is 5.97. The van der Waals surface area contributed by atoms with Gasteiger partial charge in [0.15, 0.2) is 0 Å². The van der Waals surface area contributed by atoms with Gasteiger partial charge in [0, 0.05) is 19.0 Å². The average Bonchev–Trinajstić information content (AvgIpc) is 2.28. The van der Waals surface area contributed by atoms with Crippen LogP contribution in [0.1, 0.15) is 33.1 Å². The van der Waals surface area contributed by atoms with Crippen LogP contribution < -0.4 is 0 Å². The minimum absolute atomic E-state index is 0.0376. The van der Waals surface area contributed by atoms with Crippen molar-refractivity contribution in [2.75, 3.05) is 24.7 Å². The highest BCUT2D eigenvalue weighted by atomic mass is 35.5. The molecule has 1 heterocycles. The molecule has 0 amide bonds. The Kier molecular flexibility index (Phi) is 5.54. The summed E-state index contributed by atoms with van der Waals surface area (Å²) in [5.74, 6) is 1.34. The first-order chi connectivity index (χ1) is 7.49. The second-order valence-electron chi connectivity index (χ2n) is 4.79. The number of alkyl halides is 1. The predicted octanol–water partition coefficient (Wildman–Crippen LogP) is 2.31. The maximum atomic E-state index is 12.0. The monoisotopic (exact) mass is 267 g/mol. The molecule has 1 rings (SSSR count). The van der Waals surface area contributed by atoms with E-state index in [9.17, 15) is 8.42 Å². The molecule has 0 saturated carbocycles. The Bertz CT molecular complexity index is 297. The van der Waals surface area contributed by atoms with E-state index in [1.807, 2.05) is 6.92 Å². The zero-order valence-electron chi connectivity index (χ0n) is 10.2. The minimum atomic E-state index is -3.08. The van der Waals surface area contributed by atoms with E-state index in [4.69, 9.17) is 11.6 Å². The molecule has 1 atom stereocenters. The number of sulfonamides is 1. The zero-order valence-corrected chi connectivity index (χ0v) is 11.7. The van der Waals surface area contributed by atoms with Crippen LogP contribution in [0.2, 0.25) is 0 Å². The molecule has 5 heteroatoms. The van der Waals surface area contributed by atoms with Gasteiger partial charge in [0.2, 0.25) is 10.0 Å². The van der Waals surface area contributed by atoms with Crippen molar-refractivity contribution in [2.24, 2.45) is 11.8 Å². The van der Waals surface area contributed by atoms with Crippen LogP contribution in [0.25, 0.3) is 0 Å². The molecule has 0 spiro atoms. The smallest absolute Gasteiger partial charge is 0.212 e. The van der Waals surface area contributed by atoms with Crippen LogP contribution in [0.4, 0.5) is 0 Å². The third-order valence-electron chi connectivity index (χ3n) is 3.30. The Hall–Kier alpha value is 0.200.